The van der Waals surface area contributed by atoms with Gasteiger partial charge in [-0.1, -0.05) is 6.07 Å². The predicted molar refractivity (Wildman–Crippen MR) is 71.1 cm³/mol. The van der Waals surface area contributed by atoms with Gasteiger partial charge in [0, 0.05) is 28.9 Å². The Morgan fingerprint density at radius 1 is 1.31 bits per heavy atom. The van der Waals surface area contributed by atoms with Crippen LogP contribution in [0.3, 0.4) is 0 Å². The highest BCUT2D eigenvalue weighted by atomic mass is 32.1. The molecule has 2 nitrogen and oxygen atoms in total. The van der Waals surface area contributed by atoms with Crippen LogP contribution in [0.25, 0.3) is 0 Å². The van der Waals surface area contributed by atoms with Gasteiger partial charge in [-0.05, 0) is 30.7 Å². The van der Waals surface area contributed by atoms with E-state index in [9.17, 15) is 0 Å². The molecule has 2 N–H and O–H groups in total. The summed E-state index contributed by atoms with van der Waals surface area (Å²) in [5, 5.41) is 5.29. The van der Waals surface area contributed by atoms with Crippen molar-refractivity contribution in [1.82, 2.24) is 4.98 Å². The summed E-state index contributed by atoms with van der Waals surface area (Å²) in [5.74, 6) is 0. The number of aryl methyl sites for hydroxylation is 1. The topological polar surface area (TPSA) is 38.9 Å². The van der Waals surface area contributed by atoms with Crippen LogP contribution in [-0.4, -0.2) is 11.0 Å². The van der Waals surface area contributed by atoms with E-state index >= 15 is 0 Å². The van der Waals surface area contributed by atoms with E-state index in [0.717, 1.165) is 24.3 Å². The Balaban J connectivity index is 1.66. The number of thiazole rings is 1. The molecule has 0 bridgehead atoms. The molecule has 0 aromatic carbocycles. The minimum absolute atomic E-state index is 0.256. The van der Waals surface area contributed by atoms with Crippen molar-refractivity contribution in [1.29, 1.82) is 0 Å². The van der Waals surface area contributed by atoms with E-state index in [4.69, 9.17) is 5.73 Å². The fraction of sp³-hybridized carbons (Fsp3) is 0.417. The van der Waals surface area contributed by atoms with Gasteiger partial charge in [-0.25, -0.2) is 4.98 Å². The molecule has 4 heteroatoms. The Morgan fingerprint density at radius 3 is 2.94 bits per heavy atom. The first-order valence-electron chi connectivity index (χ1n) is 5.51. The van der Waals surface area contributed by atoms with Crippen molar-refractivity contribution in [3.8, 4) is 0 Å². The molecule has 0 spiro atoms. The average molecular weight is 252 g/mol. The van der Waals surface area contributed by atoms with E-state index in [0.29, 0.717) is 0 Å². The summed E-state index contributed by atoms with van der Waals surface area (Å²) in [6, 6.07) is 4.55. The van der Waals surface area contributed by atoms with Gasteiger partial charge in [0.05, 0.1) is 5.01 Å². The van der Waals surface area contributed by atoms with Gasteiger partial charge in [-0.15, -0.1) is 22.7 Å². The molecule has 2 aromatic heterocycles. The fourth-order valence-electron chi connectivity index (χ4n) is 1.67. The van der Waals surface area contributed by atoms with Gasteiger partial charge in [0.25, 0.3) is 0 Å². The van der Waals surface area contributed by atoms with Crippen molar-refractivity contribution in [2.45, 2.75) is 31.7 Å². The van der Waals surface area contributed by atoms with Crippen molar-refractivity contribution in [2.75, 3.05) is 0 Å². The van der Waals surface area contributed by atoms with Crippen LogP contribution in [0.5, 0.6) is 0 Å². The lowest BCUT2D eigenvalue weighted by atomic mass is 10.1. The third kappa shape index (κ3) is 3.70. The van der Waals surface area contributed by atoms with Crippen molar-refractivity contribution in [3.05, 3.63) is 39.0 Å². The lowest BCUT2D eigenvalue weighted by Gasteiger charge is -2.08. The minimum Gasteiger partial charge on any atom is -0.327 e. The van der Waals surface area contributed by atoms with E-state index in [1.54, 1.807) is 11.3 Å². The van der Waals surface area contributed by atoms with Crippen LogP contribution in [0.4, 0.5) is 0 Å². The lowest BCUT2D eigenvalue weighted by Crippen LogP contribution is -2.22. The second-order valence-electron chi connectivity index (χ2n) is 3.86. The van der Waals surface area contributed by atoms with Gasteiger partial charge in [-0.3, -0.25) is 0 Å². The van der Waals surface area contributed by atoms with E-state index in [-0.39, 0.29) is 6.04 Å². The van der Waals surface area contributed by atoms with Gasteiger partial charge >= 0.3 is 0 Å². The third-order valence-corrected chi connectivity index (χ3v) is 4.24. The number of nitrogens with zero attached hydrogens (tertiary/aromatic N) is 1. The molecule has 0 aliphatic heterocycles. The number of hydrogen-bond donors (Lipinski definition) is 1. The Bertz CT molecular complexity index is 381. The molecule has 0 amide bonds. The molecule has 0 saturated heterocycles. The summed E-state index contributed by atoms with van der Waals surface area (Å²) in [5.41, 5.74) is 6.07. The van der Waals surface area contributed by atoms with Gasteiger partial charge in [0.15, 0.2) is 0 Å². The summed E-state index contributed by atoms with van der Waals surface area (Å²) in [7, 11) is 0. The van der Waals surface area contributed by atoms with Crippen LogP contribution in [0, 0.1) is 0 Å². The normalized spacial score (nSPS) is 12.8. The first-order chi connectivity index (χ1) is 7.84. The summed E-state index contributed by atoms with van der Waals surface area (Å²) in [4.78, 5) is 5.71. The Kier molecular flexibility index (Phi) is 4.51. The maximum Gasteiger partial charge on any atom is 0.0940 e. The molecular weight excluding hydrogens is 236 g/mol. The zero-order valence-electron chi connectivity index (χ0n) is 9.13. The first kappa shape index (κ1) is 11.8. The standard InChI is InChI=1S/C12H16N2S2/c13-10(9-12-14-6-8-16-12)3-1-4-11-5-2-7-15-11/h2,5-8,10H,1,3-4,9,13H2. The SMILES string of the molecule is NC(CCCc1cccs1)Cc1nccs1. The van der Waals surface area contributed by atoms with Crippen LogP contribution in [0.1, 0.15) is 22.7 Å². The number of nitrogens with two attached hydrogens (primary N) is 1. The highest BCUT2D eigenvalue weighted by Crippen LogP contribution is 2.14. The molecule has 2 aromatic rings. The number of hydrogen-bond acceptors (Lipinski definition) is 4. The second kappa shape index (κ2) is 6.13. The average Bonchev–Trinajstić information content (AvgIpc) is 2.90. The molecule has 2 rings (SSSR count). The van der Waals surface area contributed by atoms with Crippen molar-refractivity contribution in [2.24, 2.45) is 5.73 Å². The molecule has 0 aliphatic rings. The fourth-order valence-corrected chi connectivity index (χ4v) is 3.14. The smallest absolute Gasteiger partial charge is 0.0940 e. The highest BCUT2D eigenvalue weighted by molar-refractivity contribution is 7.10. The zero-order chi connectivity index (χ0) is 11.2. The molecular formula is C12H16N2S2. The monoisotopic (exact) mass is 252 g/mol. The predicted octanol–water partition coefficient (Wildman–Crippen LogP) is 3.10. The van der Waals surface area contributed by atoms with E-state index in [1.807, 2.05) is 22.9 Å². The second-order valence-corrected chi connectivity index (χ2v) is 5.87. The van der Waals surface area contributed by atoms with Crippen molar-refractivity contribution >= 4 is 22.7 Å². The minimum atomic E-state index is 0.256. The quantitative estimate of drug-likeness (QED) is 0.858. The van der Waals surface area contributed by atoms with Gasteiger partial charge in [-0.2, -0.15) is 0 Å². The van der Waals surface area contributed by atoms with Crippen LogP contribution >= 0.6 is 22.7 Å². The number of thiophene rings is 1. The summed E-state index contributed by atoms with van der Waals surface area (Å²) < 4.78 is 0. The first-order valence-corrected chi connectivity index (χ1v) is 7.27. The molecule has 86 valence electrons. The number of aromatic nitrogens is 1. The molecule has 0 fully saturated rings. The van der Waals surface area contributed by atoms with E-state index < -0.39 is 0 Å². The Labute approximate surface area is 104 Å². The molecule has 2 heterocycles. The molecule has 1 atom stereocenters. The summed E-state index contributed by atoms with van der Waals surface area (Å²) >= 11 is 3.52. The molecule has 0 radical (unpaired) electrons. The van der Waals surface area contributed by atoms with Crippen molar-refractivity contribution in [3.63, 3.8) is 0 Å². The largest absolute Gasteiger partial charge is 0.327 e. The Hall–Kier alpha value is -0.710. The van der Waals surface area contributed by atoms with Crippen LogP contribution in [-0.2, 0) is 12.8 Å². The number of rotatable bonds is 6. The maximum absolute atomic E-state index is 6.07. The van der Waals surface area contributed by atoms with Gasteiger partial charge < -0.3 is 5.73 Å². The van der Waals surface area contributed by atoms with Crippen molar-refractivity contribution < 1.29 is 0 Å². The zero-order valence-corrected chi connectivity index (χ0v) is 10.8. The summed E-state index contributed by atoms with van der Waals surface area (Å²) in [6.45, 7) is 0. The van der Waals surface area contributed by atoms with E-state index in [1.165, 1.54) is 11.3 Å². The van der Waals surface area contributed by atoms with Crippen LogP contribution in [0.2, 0.25) is 0 Å². The highest BCUT2D eigenvalue weighted by Gasteiger charge is 2.06. The van der Waals surface area contributed by atoms with E-state index in [2.05, 4.69) is 22.5 Å². The van der Waals surface area contributed by atoms with Crippen LogP contribution < -0.4 is 5.73 Å². The molecule has 0 saturated carbocycles. The van der Waals surface area contributed by atoms with Gasteiger partial charge in [0.1, 0.15) is 0 Å². The third-order valence-electron chi connectivity index (χ3n) is 2.50. The molecule has 16 heavy (non-hydrogen) atoms. The molecule has 1 unspecified atom stereocenters. The lowest BCUT2D eigenvalue weighted by molar-refractivity contribution is 0.580. The maximum atomic E-state index is 6.07. The molecule has 0 aliphatic carbocycles. The Morgan fingerprint density at radius 2 is 2.25 bits per heavy atom. The van der Waals surface area contributed by atoms with Crippen LogP contribution in [0.15, 0.2) is 29.1 Å². The van der Waals surface area contributed by atoms with Gasteiger partial charge in [0.2, 0.25) is 0 Å². The summed E-state index contributed by atoms with van der Waals surface area (Å²) in [6.07, 6.45) is 6.17.